The van der Waals surface area contributed by atoms with Crippen LogP contribution in [0.4, 0.5) is 0 Å². The molecule has 9 nitrogen and oxygen atoms in total. The first-order chi connectivity index (χ1) is 13.8. The van der Waals surface area contributed by atoms with Gasteiger partial charge in [0.2, 0.25) is 6.29 Å². The molecule has 5 atom stereocenters. The van der Waals surface area contributed by atoms with Crippen LogP contribution in [-0.2, 0) is 17.6 Å². The maximum Gasteiger partial charge on any atom is 0.229 e. The Morgan fingerprint density at radius 1 is 0.828 bits per heavy atom. The highest BCUT2D eigenvalue weighted by Crippen LogP contribution is 2.29. The van der Waals surface area contributed by atoms with Gasteiger partial charge in [0.25, 0.3) is 0 Å². The summed E-state index contributed by atoms with van der Waals surface area (Å²) in [5.74, 6) is -0.0296. The van der Waals surface area contributed by atoms with Crippen molar-refractivity contribution in [2.24, 2.45) is 0 Å². The molecule has 1 aliphatic heterocycles. The van der Waals surface area contributed by atoms with Crippen molar-refractivity contribution in [1.29, 1.82) is 0 Å². The van der Waals surface area contributed by atoms with Crippen molar-refractivity contribution in [3.8, 4) is 23.0 Å². The molecule has 158 valence electrons. The fourth-order valence-electron chi connectivity index (χ4n) is 3.20. The maximum atomic E-state index is 10.1. The van der Waals surface area contributed by atoms with Gasteiger partial charge in [-0.25, -0.2) is 0 Å². The Balaban J connectivity index is 1.71. The lowest BCUT2D eigenvalue weighted by molar-refractivity contribution is -0.277. The summed E-state index contributed by atoms with van der Waals surface area (Å²) in [5, 5.41) is 68.2. The molecule has 9 heteroatoms. The van der Waals surface area contributed by atoms with Gasteiger partial charge in [-0.05, 0) is 42.2 Å². The van der Waals surface area contributed by atoms with E-state index in [1.54, 1.807) is 12.1 Å². The van der Waals surface area contributed by atoms with E-state index in [-0.39, 0.29) is 23.0 Å². The minimum Gasteiger partial charge on any atom is -0.508 e. The van der Waals surface area contributed by atoms with Gasteiger partial charge in [-0.2, -0.15) is 0 Å². The van der Waals surface area contributed by atoms with Gasteiger partial charge in [-0.3, -0.25) is 0 Å². The number of aliphatic hydroxyl groups excluding tert-OH is 4. The molecule has 2 aromatic carbocycles. The Kier molecular flexibility index (Phi) is 6.46. The van der Waals surface area contributed by atoms with Crippen LogP contribution in [0, 0.1) is 0 Å². The second-order valence-electron chi connectivity index (χ2n) is 6.96. The summed E-state index contributed by atoms with van der Waals surface area (Å²) >= 11 is 0. The molecule has 0 aromatic heterocycles. The van der Waals surface area contributed by atoms with Gasteiger partial charge in [-0.1, -0.05) is 6.07 Å². The zero-order valence-electron chi connectivity index (χ0n) is 15.4. The first-order valence-electron chi connectivity index (χ1n) is 9.09. The third-order valence-electron chi connectivity index (χ3n) is 4.80. The molecule has 1 fully saturated rings. The largest absolute Gasteiger partial charge is 0.508 e. The van der Waals surface area contributed by atoms with Crippen LogP contribution < -0.4 is 4.74 Å². The van der Waals surface area contributed by atoms with Crippen LogP contribution in [0.25, 0.3) is 0 Å². The summed E-state index contributed by atoms with van der Waals surface area (Å²) in [7, 11) is 0. The normalized spacial score (nSPS) is 27.0. The van der Waals surface area contributed by atoms with Crippen LogP contribution >= 0.6 is 0 Å². The minimum absolute atomic E-state index is 0.0389. The molecule has 0 bridgehead atoms. The number of hydrogen-bond donors (Lipinski definition) is 7. The number of ether oxygens (including phenoxy) is 2. The average molecular weight is 408 g/mol. The van der Waals surface area contributed by atoms with Crippen LogP contribution in [0.2, 0.25) is 0 Å². The molecule has 3 rings (SSSR count). The average Bonchev–Trinajstić information content (AvgIpc) is 2.67. The van der Waals surface area contributed by atoms with Gasteiger partial charge in [0, 0.05) is 12.1 Å². The van der Waals surface area contributed by atoms with E-state index in [4.69, 9.17) is 9.47 Å². The second kappa shape index (κ2) is 8.85. The lowest BCUT2D eigenvalue weighted by Gasteiger charge is -2.39. The van der Waals surface area contributed by atoms with E-state index < -0.39 is 37.3 Å². The van der Waals surface area contributed by atoms with Gasteiger partial charge in [0.15, 0.2) is 0 Å². The summed E-state index contributed by atoms with van der Waals surface area (Å²) < 4.78 is 10.8. The third-order valence-corrected chi connectivity index (χ3v) is 4.80. The maximum absolute atomic E-state index is 10.1. The van der Waals surface area contributed by atoms with Crippen LogP contribution in [0.1, 0.15) is 11.1 Å². The zero-order valence-corrected chi connectivity index (χ0v) is 15.4. The van der Waals surface area contributed by atoms with Gasteiger partial charge >= 0.3 is 0 Å². The van der Waals surface area contributed by atoms with E-state index in [9.17, 15) is 35.7 Å². The number of aliphatic hydroxyl groups is 4. The fraction of sp³-hybridized carbons (Fsp3) is 0.400. The smallest absolute Gasteiger partial charge is 0.229 e. The predicted molar refractivity (Wildman–Crippen MR) is 99.7 cm³/mol. The lowest BCUT2D eigenvalue weighted by atomic mass is 9.99. The lowest BCUT2D eigenvalue weighted by Crippen LogP contribution is -2.60. The first-order valence-corrected chi connectivity index (χ1v) is 9.09. The molecule has 0 aliphatic carbocycles. The van der Waals surface area contributed by atoms with Crippen molar-refractivity contribution >= 4 is 0 Å². The van der Waals surface area contributed by atoms with Gasteiger partial charge in [0.05, 0.1) is 6.61 Å². The molecule has 2 aromatic rings. The van der Waals surface area contributed by atoms with Gasteiger partial charge in [0.1, 0.15) is 47.4 Å². The number of rotatable bonds is 6. The summed E-state index contributed by atoms with van der Waals surface area (Å²) in [6.45, 7) is -0.577. The van der Waals surface area contributed by atoms with Gasteiger partial charge < -0.3 is 45.2 Å². The molecule has 0 saturated carbocycles. The molecule has 1 heterocycles. The van der Waals surface area contributed by atoms with Crippen molar-refractivity contribution in [3.05, 3.63) is 47.5 Å². The molecule has 29 heavy (non-hydrogen) atoms. The molecule has 0 spiro atoms. The molecular weight excluding hydrogens is 384 g/mol. The zero-order chi connectivity index (χ0) is 21.1. The second-order valence-corrected chi connectivity index (χ2v) is 6.96. The predicted octanol–water partition coefficient (Wildman–Crippen LogP) is -0.233. The number of phenols is 3. The molecule has 0 radical (unpaired) electrons. The van der Waals surface area contributed by atoms with Crippen LogP contribution in [0.15, 0.2) is 36.4 Å². The molecule has 0 unspecified atom stereocenters. The SMILES string of the molecule is OC[C@H]1O[C@H](Oc2cc(O)cc(CCc3ccc(O)cc3O)c2)[C@H](O)[C@@H](O)[C@@H]1O. The van der Waals surface area contributed by atoms with Gasteiger partial charge in [-0.15, -0.1) is 0 Å². The van der Waals surface area contributed by atoms with Crippen LogP contribution in [0.3, 0.4) is 0 Å². The topological polar surface area (TPSA) is 160 Å². The summed E-state index contributed by atoms with van der Waals surface area (Å²) in [5.41, 5.74) is 1.28. The first kappa shape index (κ1) is 21.2. The third kappa shape index (κ3) is 4.89. The minimum atomic E-state index is -1.57. The Labute approximate surface area is 166 Å². The Hall–Kier alpha value is -2.56. The van der Waals surface area contributed by atoms with E-state index in [0.717, 1.165) is 0 Å². The highest BCUT2D eigenvalue weighted by atomic mass is 16.7. The Morgan fingerprint density at radius 3 is 2.28 bits per heavy atom. The van der Waals surface area contributed by atoms with Crippen LogP contribution in [-0.4, -0.2) is 73.1 Å². The van der Waals surface area contributed by atoms with Crippen molar-refractivity contribution in [1.82, 2.24) is 0 Å². The molecule has 1 aliphatic rings. The van der Waals surface area contributed by atoms with E-state index in [2.05, 4.69) is 0 Å². The van der Waals surface area contributed by atoms with Crippen LogP contribution in [0.5, 0.6) is 23.0 Å². The molecule has 7 N–H and O–H groups in total. The molecular formula is C20H24O9. The number of aryl methyl sites for hydroxylation is 2. The number of phenolic OH excluding ortho intramolecular Hbond substituents is 3. The number of benzene rings is 2. The molecule has 0 amide bonds. The standard InChI is InChI=1S/C20H24O9/c21-9-16-17(25)18(26)19(27)20(29-16)28-14-6-10(5-13(23)7-14)1-2-11-3-4-12(22)8-15(11)24/h3-8,16-27H,1-2,9H2/t16-,17-,18+,19-,20+/m1/s1. The number of hydrogen-bond acceptors (Lipinski definition) is 9. The van der Waals surface area contributed by atoms with E-state index >= 15 is 0 Å². The van der Waals surface area contributed by atoms with Crippen molar-refractivity contribution in [2.45, 2.75) is 43.5 Å². The van der Waals surface area contributed by atoms with Crippen molar-refractivity contribution in [2.75, 3.05) is 6.61 Å². The van der Waals surface area contributed by atoms with E-state index in [1.807, 2.05) is 0 Å². The summed E-state index contributed by atoms with van der Waals surface area (Å²) in [4.78, 5) is 0. The summed E-state index contributed by atoms with van der Waals surface area (Å²) in [6, 6.07) is 8.70. The van der Waals surface area contributed by atoms with E-state index in [0.29, 0.717) is 24.0 Å². The highest BCUT2D eigenvalue weighted by molar-refractivity contribution is 5.41. The summed E-state index contributed by atoms with van der Waals surface area (Å²) in [6.07, 6.45) is -6.23. The number of aromatic hydroxyl groups is 3. The fourth-order valence-corrected chi connectivity index (χ4v) is 3.20. The van der Waals surface area contributed by atoms with E-state index in [1.165, 1.54) is 24.3 Å². The Morgan fingerprint density at radius 2 is 1.59 bits per heavy atom. The monoisotopic (exact) mass is 408 g/mol. The Bertz CT molecular complexity index is 839. The van der Waals surface area contributed by atoms with Crippen molar-refractivity contribution < 1.29 is 45.2 Å². The quantitative estimate of drug-likeness (QED) is 0.342. The molecule has 1 saturated heterocycles. The van der Waals surface area contributed by atoms with Crippen molar-refractivity contribution in [3.63, 3.8) is 0 Å². The highest BCUT2D eigenvalue weighted by Gasteiger charge is 2.44.